The number of aliphatic hydroxyl groups excluding tert-OH is 1. The summed E-state index contributed by atoms with van der Waals surface area (Å²) in [7, 11) is 0. The molecule has 0 atom stereocenters. The summed E-state index contributed by atoms with van der Waals surface area (Å²) in [6.07, 6.45) is 2.31. The van der Waals surface area contributed by atoms with Crippen LogP contribution in [0.5, 0.6) is 0 Å². The normalized spacial score (nSPS) is 10.9. The molecule has 0 saturated heterocycles. The maximum absolute atomic E-state index is 13.5. The summed E-state index contributed by atoms with van der Waals surface area (Å²) in [5, 5.41) is 16.0. The Morgan fingerprint density at radius 2 is 2.00 bits per heavy atom. The predicted octanol–water partition coefficient (Wildman–Crippen LogP) is 1.61. The molecule has 18 heavy (non-hydrogen) atoms. The summed E-state index contributed by atoms with van der Waals surface area (Å²) in [5.41, 5.74) is 0.170. The molecule has 0 unspecified atom stereocenters. The van der Waals surface area contributed by atoms with Crippen molar-refractivity contribution in [3.8, 4) is 5.69 Å². The largest absolute Gasteiger partial charge is 0.396 e. The fourth-order valence-corrected chi connectivity index (χ4v) is 1.50. The van der Waals surface area contributed by atoms with Crippen molar-refractivity contribution in [3.63, 3.8) is 0 Å². The van der Waals surface area contributed by atoms with E-state index < -0.39 is 17.5 Å². The molecule has 0 aliphatic rings. The summed E-state index contributed by atoms with van der Waals surface area (Å²) >= 11 is 0. The summed E-state index contributed by atoms with van der Waals surface area (Å²) < 4.78 is 40.5. The van der Waals surface area contributed by atoms with Crippen molar-refractivity contribution in [2.45, 2.75) is 12.8 Å². The topological polar surface area (TPSA) is 50.9 Å². The first-order valence-electron chi connectivity index (χ1n) is 5.29. The Labute approximate surface area is 101 Å². The van der Waals surface area contributed by atoms with Crippen LogP contribution in [0.25, 0.3) is 5.69 Å². The van der Waals surface area contributed by atoms with Gasteiger partial charge in [0.1, 0.15) is 11.5 Å². The zero-order valence-electron chi connectivity index (χ0n) is 9.28. The van der Waals surface area contributed by atoms with E-state index in [-0.39, 0.29) is 12.3 Å². The molecule has 0 spiro atoms. The van der Waals surface area contributed by atoms with Crippen molar-refractivity contribution in [2.24, 2.45) is 0 Å². The molecule has 0 saturated carbocycles. The molecule has 1 aromatic heterocycles. The quantitative estimate of drug-likeness (QED) is 0.846. The minimum absolute atomic E-state index is 0.00415. The Hall–Kier alpha value is -1.89. The summed E-state index contributed by atoms with van der Waals surface area (Å²) in [5.74, 6) is -3.36. The van der Waals surface area contributed by atoms with E-state index >= 15 is 0 Å². The highest BCUT2D eigenvalue weighted by Crippen LogP contribution is 2.17. The number of hydrogen-bond donors (Lipinski definition) is 1. The van der Waals surface area contributed by atoms with Gasteiger partial charge in [0.25, 0.3) is 0 Å². The molecule has 0 amide bonds. The number of aliphatic hydroxyl groups is 1. The van der Waals surface area contributed by atoms with Crippen molar-refractivity contribution in [1.29, 1.82) is 0 Å². The van der Waals surface area contributed by atoms with Gasteiger partial charge in [-0.25, -0.2) is 17.9 Å². The molecule has 2 rings (SSSR count). The molecule has 96 valence electrons. The van der Waals surface area contributed by atoms with Crippen molar-refractivity contribution < 1.29 is 18.3 Å². The van der Waals surface area contributed by atoms with Gasteiger partial charge < -0.3 is 5.11 Å². The van der Waals surface area contributed by atoms with Gasteiger partial charge in [-0.3, -0.25) is 0 Å². The van der Waals surface area contributed by atoms with E-state index in [9.17, 15) is 13.2 Å². The van der Waals surface area contributed by atoms with Crippen LogP contribution in [0.2, 0.25) is 0 Å². The third-order valence-electron chi connectivity index (χ3n) is 2.35. The van der Waals surface area contributed by atoms with Crippen molar-refractivity contribution >= 4 is 0 Å². The van der Waals surface area contributed by atoms with Crippen molar-refractivity contribution in [2.75, 3.05) is 6.61 Å². The van der Waals surface area contributed by atoms with E-state index in [1.165, 1.54) is 6.20 Å². The molecule has 1 N–H and O–H groups in total. The summed E-state index contributed by atoms with van der Waals surface area (Å²) in [6.45, 7) is -0.00415. The summed E-state index contributed by atoms with van der Waals surface area (Å²) in [6, 6.07) is 1.30. The van der Waals surface area contributed by atoms with Crippen LogP contribution in [0.15, 0.2) is 18.3 Å². The zero-order chi connectivity index (χ0) is 13.1. The van der Waals surface area contributed by atoms with Crippen LogP contribution in [-0.4, -0.2) is 26.7 Å². The molecular formula is C11H10F3N3O. The molecule has 4 nitrogen and oxygen atoms in total. The lowest BCUT2D eigenvalue weighted by Crippen LogP contribution is -2.02. The van der Waals surface area contributed by atoms with E-state index in [1.54, 1.807) is 0 Å². The van der Waals surface area contributed by atoms with Crippen LogP contribution in [0.4, 0.5) is 13.2 Å². The molecule has 1 heterocycles. The Bertz CT molecular complexity index is 556. The lowest BCUT2D eigenvalue weighted by atomic mass is 10.2. The highest BCUT2D eigenvalue weighted by atomic mass is 19.2. The van der Waals surface area contributed by atoms with Gasteiger partial charge in [0, 0.05) is 18.7 Å². The first-order chi connectivity index (χ1) is 8.61. The van der Waals surface area contributed by atoms with Crippen molar-refractivity contribution in [1.82, 2.24) is 15.0 Å². The smallest absolute Gasteiger partial charge is 0.184 e. The second-order valence-corrected chi connectivity index (χ2v) is 3.70. The first-order valence-corrected chi connectivity index (χ1v) is 5.29. The lowest BCUT2D eigenvalue weighted by Gasteiger charge is -2.03. The molecule has 0 bridgehead atoms. The SMILES string of the molecule is OCCCc1cn(-c2cc(F)cc(F)c2F)nn1. The standard InChI is InChI=1S/C11H10F3N3O/c12-7-4-9(13)11(14)10(5-7)17-6-8(15-16-17)2-1-3-18/h4-6,18H,1-3H2. The fourth-order valence-electron chi connectivity index (χ4n) is 1.50. The molecule has 0 aliphatic heterocycles. The van der Waals surface area contributed by atoms with Crippen LogP contribution >= 0.6 is 0 Å². The molecule has 7 heteroatoms. The Morgan fingerprint density at radius 3 is 2.72 bits per heavy atom. The molecule has 2 aromatic rings. The maximum Gasteiger partial charge on any atom is 0.184 e. The van der Waals surface area contributed by atoms with Gasteiger partial charge in [0.05, 0.1) is 11.9 Å². The van der Waals surface area contributed by atoms with Crippen LogP contribution in [0, 0.1) is 17.5 Å². The third-order valence-corrected chi connectivity index (χ3v) is 2.35. The van der Waals surface area contributed by atoms with Gasteiger partial charge >= 0.3 is 0 Å². The lowest BCUT2D eigenvalue weighted by molar-refractivity contribution is 0.288. The van der Waals surface area contributed by atoms with E-state index in [1.807, 2.05) is 0 Å². The summed E-state index contributed by atoms with van der Waals surface area (Å²) in [4.78, 5) is 0. The average Bonchev–Trinajstić information content (AvgIpc) is 2.79. The fraction of sp³-hybridized carbons (Fsp3) is 0.273. The first kappa shape index (κ1) is 12.6. The number of hydrogen-bond acceptors (Lipinski definition) is 3. The maximum atomic E-state index is 13.5. The van der Waals surface area contributed by atoms with Gasteiger partial charge in [-0.2, -0.15) is 0 Å². The number of nitrogens with zero attached hydrogens (tertiary/aromatic N) is 3. The van der Waals surface area contributed by atoms with Gasteiger partial charge in [0.2, 0.25) is 0 Å². The van der Waals surface area contributed by atoms with E-state index in [0.29, 0.717) is 24.6 Å². The highest BCUT2D eigenvalue weighted by Gasteiger charge is 2.14. The Morgan fingerprint density at radius 1 is 1.22 bits per heavy atom. The van der Waals surface area contributed by atoms with Crippen LogP contribution < -0.4 is 0 Å². The van der Waals surface area contributed by atoms with Crippen molar-refractivity contribution in [3.05, 3.63) is 41.5 Å². The average molecular weight is 257 g/mol. The monoisotopic (exact) mass is 257 g/mol. The van der Waals surface area contributed by atoms with Gasteiger partial charge in [-0.05, 0) is 12.8 Å². The Kier molecular flexibility index (Phi) is 3.61. The van der Waals surface area contributed by atoms with Gasteiger partial charge in [0.15, 0.2) is 11.6 Å². The second kappa shape index (κ2) is 5.18. The van der Waals surface area contributed by atoms with E-state index in [0.717, 1.165) is 10.7 Å². The molecule has 0 aliphatic carbocycles. The van der Waals surface area contributed by atoms with Crippen LogP contribution in [0.1, 0.15) is 12.1 Å². The molecule has 0 radical (unpaired) electrons. The van der Waals surface area contributed by atoms with Gasteiger partial charge in [-0.1, -0.05) is 5.21 Å². The highest BCUT2D eigenvalue weighted by molar-refractivity contribution is 5.34. The van der Waals surface area contributed by atoms with E-state index in [4.69, 9.17) is 5.11 Å². The predicted molar refractivity (Wildman–Crippen MR) is 56.6 cm³/mol. The molecule has 0 fully saturated rings. The van der Waals surface area contributed by atoms with Gasteiger partial charge in [-0.15, -0.1) is 5.10 Å². The van der Waals surface area contributed by atoms with E-state index in [2.05, 4.69) is 10.3 Å². The third kappa shape index (κ3) is 2.51. The number of rotatable bonds is 4. The number of benzene rings is 1. The number of aryl methyl sites for hydroxylation is 1. The van der Waals surface area contributed by atoms with Crippen LogP contribution in [-0.2, 0) is 6.42 Å². The second-order valence-electron chi connectivity index (χ2n) is 3.70. The minimum Gasteiger partial charge on any atom is -0.396 e. The molecule has 1 aromatic carbocycles. The minimum atomic E-state index is -1.28. The number of aromatic nitrogens is 3. The Balaban J connectivity index is 2.34. The van der Waals surface area contributed by atoms with Crippen LogP contribution in [0.3, 0.4) is 0 Å². The number of halogens is 3. The molecular weight excluding hydrogens is 247 g/mol. The zero-order valence-corrected chi connectivity index (χ0v) is 9.28.